The van der Waals surface area contributed by atoms with Crippen molar-refractivity contribution in [3.63, 3.8) is 0 Å². The monoisotopic (exact) mass is 254 g/mol. The summed E-state index contributed by atoms with van der Waals surface area (Å²) in [4.78, 5) is 13.9. The van der Waals surface area contributed by atoms with Crippen LogP contribution in [0.15, 0.2) is 0 Å². The summed E-state index contributed by atoms with van der Waals surface area (Å²) in [6.45, 7) is 0.633. The average molecular weight is 254 g/mol. The molecule has 2 saturated carbocycles. The van der Waals surface area contributed by atoms with E-state index in [-0.39, 0.29) is 0 Å². The van der Waals surface area contributed by atoms with Gasteiger partial charge in [-0.05, 0) is 45.7 Å². The van der Waals surface area contributed by atoms with E-state index in [0.29, 0.717) is 18.5 Å². The summed E-state index contributed by atoms with van der Waals surface area (Å²) in [5.74, 6) is -0.374. The average Bonchev–Trinajstić information content (AvgIpc) is 3.21. The van der Waals surface area contributed by atoms with Gasteiger partial charge in [0.05, 0.1) is 0 Å². The van der Waals surface area contributed by atoms with Gasteiger partial charge in [0, 0.05) is 12.6 Å². The fourth-order valence-electron chi connectivity index (χ4n) is 3.38. The van der Waals surface area contributed by atoms with E-state index in [1.54, 1.807) is 7.05 Å². The van der Waals surface area contributed by atoms with E-state index in [1.165, 1.54) is 32.1 Å². The zero-order valence-corrected chi connectivity index (χ0v) is 11.6. The number of rotatable bonds is 6. The predicted octanol–water partition coefficient (Wildman–Crippen LogP) is 1.70. The number of carboxylic acid groups (broad SMARTS) is 1. The molecule has 0 saturated heterocycles. The van der Waals surface area contributed by atoms with Gasteiger partial charge in [-0.1, -0.05) is 19.3 Å². The number of nitrogens with zero attached hydrogens (tertiary/aromatic N) is 1. The minimum atomic E-state index is -0.730. The Hall–Kier alpha value is -0.610. The molecule has 2 rings (SSSR count). The van der Waals surface area contributed by atoms with Gasteiger partial charge >= 0.3 is 5.97 Å². The highest BCUT2D eigenvalue weighted by molar-refractivity contribution is 5.80. The van der Waals surface area contributed by atoms with Crippen LogP contribution in [0.25, 0.3) is 0 Å². The smallest absolute Gasteiger partial charge is 0.325 e. The number of nitrogens with one attached hydrogen (secondary N) is 1. The van der Waals surface area contributed by atoms with E-state index in [9.17, 15) is 9.90 Å². The normalized spacial score (nSPS) is 25.1. The Balaban J connectivity index is 2.01. The van der Waals surface area contributed by atoms with Crippen molar-refractivity contribution in [3.05, 3.63) is 0 Å². The lowest BCUT2D eigenvalue weighted by atomic mass is 9.89. The van der Waals surface area contributed by atoms with Crippen LogP contribution < -0.4 is 5.32 Å². The van der Waals surface area contributed by atoms with Crippen LogP contribution >= 0.6 is 0 Å². The molecule has 0 radical (unpaired) electrons. The lowest BCUT2D eigenvalue weighted by Gasteiger charge is -2.38. The van der Waals surface area contributed by atoms with Crippen LogP contribution in [0.4, 0.5) is 0 Å². The van der Waals surface area contributed by atoms with Crippen molar-refractivity contribution in [1.29, 1.82) is 0 Å². The highest BCUT2D eigenvalue weighted by atomic mass is 16.4. The van der Waals surface area contributed by atoms with Gasteiger partial charge in [-0.15, -0.1) is 0 Å². The van der Waals surface area contributed by atoms with Gasteiger partial charge in [0.2, 0.25) is 0 Å². The summed E-state index contributed by atoms with van der Waals surface area (Å²) in [6.07, 6.45) is 8.46. The Labute approximate surface area is 110 Å². The second-order valence-corrected chi connectivity index (χ2v) is 6.01. The number of carbonyl (C=O) groups is 1. The van der Waals surface area contributed by atoms with Crippen LogP contribution in [0.1, 0.15) is 44.9 Å². The van der Waals surface area contributed by atoms with E-state index in [0.717, 1.165) is 12.8 Å². The van der Waals surface area contributed by atoms with Gasteiger partial charge in [-0.3, -0.25) is 4.79 Å². The van der Waals surface area contributed by atoms with Gasteiger partial charge in [-0.25, -0.2) is 0 Å². The maximum absolute atomic E-state index is 11.7. The van der Waals surface area contributed by atoms with Gasteiger partial charge in [-0.2, -0.15) is 0 Å². The first-order valence-corrected chi connectivity index (χ1v) is 7.22. The Bertz CT molecular complexity index is 298. The number of hydrogen-bond donors (Lipinski definition) is 2. The van der Waals surface area contributed by atoms with Crippen LogP contribution in [0.5, 0.6) is 0 Å². The second-order valence-electron chi connectivity index (χ2n) is 6.01. The Morgan fingerprint density at radius 2 is 1.89 bits per heavy atom. The quantitative estimate of drug-likeness (QED) is 0.757. The molecular weight excluding hydrogens is 228 g/mol. The molecule has 4 nitrogen and oxygen atoms in total. The molecule has 0 heterocycles. The van der Waals surface area contributed by atoms with Crippen LogP contribution in [0, 0.1) is 5.92 Å². The molecule has 18 heavy (non-hydrogen) atoms. The molecule has 0 aromatic rings. The van der Waals surface area contributed by atoms with E-state index in [4.69, 9.17) is 0 Å². The molecule has 0 spiro atoms. The molecule has 1 atom stereocenters. The highest BCUT2D eigenvalue weighted by Gasteiger charge is 2.51. The molecule has 2 aliphatic carbocycles. The van der Waals surface area contributed by atoms with E-state index < -0.39 is 11.5 Å². The topological polar surface area (TPSA) is 52.6 Å². The molecule has 2 aliphatic rings. The minimum absolute atomic E-state index is 0.311. The molecule has 0 aromatic heterocycles. The summed E-state index contributed by atoms with van der Waals surface area (Å²) >= 11 is 0. The molecule has 1 unspecified atom stereocenters. The van der Waals surface area contributed by atoms with Crippen molar-refractivity contribution in [1.82, 2.24) is 10.2 Å². The standard InChI is InChI=1S/C14H26N2O2/c1-15-14(13(17)18,11-8-9-11)10-16(2)12-6-4-3-5-7-12/h11-12,15H,3-10H2,1-2H3,(H,17,18). The lowest BCUT2D eigenvalue weighted by molar-refractivity contribution is -0.147. The lowest BCUT2D eigenvalue weighted by Crippen LogP contribution is -2.60. The zero-order chi connectivity index (χ0) is 13.2. The summed E-state index contributed by atoms with van der Waals surface area (Å²) < 4.78 is 0. The summed E-state index contributed by atoms with van der Waals surface area (Å²) in [5, 5.41) is 12.7. The maximum Gasteiger partial charge on any atom is 0.325 e. The molecule has 0 aliphatic heterocycles. The van der Waals surface area contributed by atoms with Crippen molar-refractivity contribution >= 4 is 5.97 Å². The first-order valence-electron chi connectivity index (χ1n) is 7.22. The first-order chi connectivity index (χ1) is 8.60. The molecule has 104 valence electrons. The molecule has 0 bridgehead atoms. The summed E-state index contributed by atoms with van der Waals surface area (Å²) in [5.41, 5.74) is -0.730. The van der Waals surface area contributed by atoms with Crippen molar-refractivity contribution in [2.75, 3.05) is 20.6 Å². The van der Waals surface area contributed by atoms with Crippen molar-refractivity contribution in [2.45, 2.75) is 56.5 Å². The van der Waals surface area contributed by atoms with E-state index in [2.05, 4.69) is 17.3 Å². The van der Waals surface area contributed by atoms with Gasteiger partial charge < -0.3 is 15.3 Å². The number of carboxylic acids is 1. The minimum Gasteiger partial charge on any atom is -0.480 e. The third kappa shape index (κ3) is 2.69. The fraction of sp³-hybridized carbons (Fsp3) is 0.929. The number of likely N-dealkylation sites (N-methyl/N-ethyl adjacent to an activating group) is 2. The van der Waals surface area contributed by atoms with E-state index in [1.807, 2.05) is 0 Å². The second kappa shape index (κ2) is 5.57. The Morgan fingerprint density at radius 1 is 1.28 bits per heavy atom. The van der Waals surface area contributed by atoms with Gasteiger partial charge in [0.15, 0.2) is 0 Å². The Kier molecular flexibility index (Phi) is 4.28. The summed E-state index contributed by atoms with van der Waals surface area (Å²) in [6, 6.07) is 0.574. The van der Waals surface area contributed by atoms with Crippen molar-refractivity contribution in [3.8, 4) is 0 Å². The third-order valence-corrected chi connectivity index (χ3v) is 4.80. The zero-order valence-electron chi connectivity index (χ0n) is 11.6. The predicted molar refractivity (Wildman–Crippen MR) is 71.7 cm³/mol. The molecule has 0 aromatic carbocycles. The van der Waals surface area contributed by atoms with E-state index >= 15 is 0 Å². The van der Waals surface area contributed by atoms with Crippen LogP contribution in [0.3, 0.4) is 0 Å². The number of hydrogen-bond acceptors (Lipinski definition) is 3. The van der Waals surface area contributed by atoms with Gasteiger partial charge in [0.25, 0.3) is 0 Å². The van der Waals surface area contributed by atoms with Crippen LogP contribution in [0.2, 0.25) is 0 Å². The number of aliphatic carboxylic acids is 1. The molecule has 2 fully saturated rings. The fourth-order valence-corrected chi connectivity index (χ4v) is 3.38. The van der Waals surface area contributed by atoms with Crippen LogP contribution in [-0.2, 0) is 4.79 Å². The Morgan fingerprint density at radius 3 is 2.33 bits per heavy atom. The molecule has 0 amide bonds. The molecular formula is C14H26N2O2. The first kappa shape index (κ1) is 13.8. The van der Waals surface area contributed by atoms with Gasteiger partial charge in [0.1, 0.15) is 5.54 Å². The summed E-state index contributed by atoms with van der Waals surface area (Å²) in [7, 11) is 3.88. The highest BCUT2D eigenvalue weighted by Crippen LogP contribution is 2.40. The SMILES string of the molecule is CNC(CN(C)C1CCCCC1)(C(=O)O)C1CC1. The van der Waals surface area contributed by atoms with Crippen LogP contribution in [-0.4, -0.2) is 48.2 Å². The van der Waals surface area contributed by atoms with Crippen molar-refractivity contribution < 1.29 is 9.90 Å². The largest absolute Gasteiger partial charge is 0.480 e. The maximum atomic E-state index is 11.7. The van der Waals surface area contributed by atoms with Crippen molar-refractivity contribution in [2.24, 2.45) is 5.92 Å². The molecule has 2 N–H and O–H groups in total. The third-order valence-electron chi connectivity index (χ3n) is 4.80. The molecule has 4 heteroatoms.